The lowest BCUT2D eigenvalue weighted by atomic mass is 9.86. The van der Waals surface area contributed by atoms with Crippen LogP contribution < -0.4 is 5.56 Å². The lowest BCUT2D eigenvalue weighted by Crippen LogP contribution is -2.25. The molecule has 1 aliphatic carbocycles. The third-order valence-electron chi connectivity index (χ3n) is 3.00. The first-order valence-corrected chi connectivity index (χ1v) is 5.46. The highest BCUT2D eigenvalue weighted by molar-refractivity contribution is 7.71. The molecule has 1 aromatic heterocycles. The first-order valence-electron chi connectivity index (χ1n) is 5.05. The smallest absolute Gasteiger partial charge is 0.255 e. The first-order chi connectivity index (χ1) is 6.70. The van der Waals surface area contributed by atoms with Gasteiger partial charge in [0.2, 0.25) is 0 Å². The van der Waals surface area contributed by atoms with Crippen molar-refractivity contribution >= 4 is 12.2 Å². The summed E-state index contributed by atoms with van der Waals surface area (Å²) in [4.78, 5) is 17.3. The van der Waals surface area contributed by atoms with E-state index < -0.39 is 0 Å². The summed E-state index contributed by atoms with van der Waals surface area (Å²) in [5.41, 5.74) is 1.96. The quantitative estimate of drug-likeness (QED) is 0.696. The van der Waals surface area contributed by atoms with E-state index in [1.165, 1.54) is 0 Å². The van der Waals surface area contributed by atoms with E-state index in [4.69, 9.17) is 12.2 Å². The fraction of sp³-hybridized carbons (Fsp3) is 0.600. The molecule has 0 radical (unpaired) electrons. The van der Waals surface area contributed by atoms with Crippen molar-refractivity contribution in [3.8, 4) is 0 Å². The number of fused-ring (bicyclic) bond motifs is 1. The minimum Gasteiger partial charge on any atom is -0.336 e. The van der Waals surface area contributed by atoms with Crippen molar-refractivity contribution in [3.05, 3.63) is 26.4 Å². The monoisotopic (exact) mass is 210 g/mol. The molecule has 0 bridgehead atoms. The summed E-state index contributed by atoms with van der Waals surface area (Å²) >= 11 is 4.93. The fourth-order valence-corrected chi connectivity index (χ4v) is 2.29. The Morgan fingerprint density at radius 2 is 2.29 bits per heavy atom. The van der Waals surface area contributed by atoms with Gasteiger partial charge in [-0.25, -0.2) is 0 Å². The van der Waals surface area contributed by atoms with Crippen LogP contribution in [-0.4, -0.2) is 9.97 Å². The van der Waals surface area contributed by atoms with Crippen LogP contribution in [0, 0.1) is 10.7 Å². The van der Waals surface area contributed by atoms with E-state index in [0.29, 0.717) is 10.7 Å². The van der Waals surface area contributed by atoms with Gasteiger partial charge >= 0.3 is 0 Å². The lowest BCUT2D eigenvalue weighted by Gasteiger charge is -2.21. The van der Waals surface area contributed by atoms with Gasteiger partial charge in [0, 0.05) is 11.3 Å². The molecule has 4 heteroatoms. The number of aryl methyl sites for hydroxylation is 1. The summed E-state index contributed by atoms with van der Waals surface area (Å²) in [5.74, 6) is 0.660. The van der Waals surface area contributed by atoms with E-state index >= 15 is 0 Å². The average molecular weight is 210 g/mol. The van der Waals surface area contributed by atoms with Crippen molar-refractivity contribution in [1.82, 2.24) is 9.97 Å². The van der Waals surface area contributed by atoms with Gasteiger partial charge in [-0.2, -0.15) is 0 Å². The molecule has 2 rings (SSSR count). The number of aromatic nitrogens is 2. The Balaban J connectivity index is 2.47. The highest BCUT2D eigenvalue weighted by atomic mass is 32.1. The Hall–Kier alpha value is -0.900. The zero-order valence-corrected chi connectivity index (χ0v) is 9.04. The van der Waals surface area contributed by atoms with Crippen LogP contribution in [0.3, 0.4) is 0 Å². The van der Waals surface area contributed by atoms with Gasteiger partial charge in [0.15, 0.2) is 4.77 Å². The van der Waals surface area contributed by atoms with E-state index in [1.807, 2.05) is 0 Å². The number of H-pyrrole nitrogens is 2. The normalized spacial score (nSPS) is 20.5. The van der Waals surface area contributed by atoms with Crippen LogP contribution in [0.4, 0.5) is 0 Å². The molecule has 1 heterocycles. The number of nitrogens with one attached hydrogen (secondary N) is 2. The number of hydrogen-bond acceptors (Lipinski definition) is 2. The zero-order chi connectivity index (χ0) is 10.1. The SMILES string of the molecule is CCC1CCc2[nH]c(=S)[nH]c(=O)c2C1. The summed E-state index contributed by atoms with van der Waals surface area (Å²) in [6.45, 7) is 2.18. The van der Waals surface area contributed by atoms with Crippen LogP contribution in [0.5, 0.6) is 0 Å². The summed E-state index contributed by atoms with van der Waals surface area (Å²) in [6.07, 6.45) is 4.17. The molecule has 2 N–H and O–H groups in total. The molecule has 14 heavy (non-hydrogen) atoms. The third-order valence-corrected chi connectivity index (χ3v) is 3.21. The molecule has 1 aliphatic rings. The van der Waals surface area contributed by atoms with Gasteiger partial charge < -0.3 is 4.98 Å². The molecule has 1 unspecified atom stereocenters. The molecular formula is C10H14N2OS. The van der Waals surface area contributed by atoms with Crippen molar-refractivity contribution in [3.63, 3.8) is 0 Å². The Morgan fingerprint density at radius 3 is 3.00 bits per heavy atom. The maximum atomic E-state index is 11.6. The summed E-state index contributed by atoms with van der Waals surface area (Å²) in [7, 11) is 0. The van der Waals surface area contributed by atoms with Crippen LogP contribution in [0.1, 0.15) is 31.0 Å². The molecule has 0 saturated heterocycles. The van der Waals surface area contributed by atoms with Crippen LogP contribution in [-0.2, 0) is 12.8 Å². The predicted molar refractivity (Wildman–Crippen MR) is 58.1 cm³/mol. The van der Waals surface area contributed by atoms with Crippen LogP contribution in [0.15, 0.2) is 4.79 Å². The Morgan fingerprint density at radius 1 is 1.50 bits per heavy atom. The van der Waals surface area contributed by atoms with Gasteiger partial charge in [-0.15, -0.1) is 0 Å². The fourth-order valence-electron chi connectivity index (χ4n) is 2.08. The molecule has 0 aliphatic heterocycles. The molecule has 76 valence electrons. The van der Waals surface area contributed by atoms with Gasteiger partial charge in [0.25, 0.3) is 5.56 Å². The van der Waals surface area contributed by atoms with Gasteiger partial charge in [0.1, 0.15) is 0 Å². The summed E-state index contributed by atoms with van der Waals surface area (Å²) in [5, 5.41) is 0. The molecule has 3 nitrogen and oxygen atoms in total. The second-order valence-electron chi connectivity index (χ2n) is 3.88. The van der Waals surface area contributed by atoms with Crippen molar-refractivity contribution in [1.29, 1.82) is 0 Å². The molecule has 1 atom stereocenters. The van der Waals surface area contributed by atoms with Crippen molar-refractivity contribution in [2.24, 2.45) is 5.92 Å². The summed E-state index contributed by atoms with van der Waals surface area (Å²) < 4.78 is 0.448. The van der Waals surface area contributed by atoms with Crippen LogP contribution in [0.2, 0.25) is 0 Å². The molecule has 1 aromatic rings. The highest BCUT2D eigenvalue weighted by Crippen LogP contribution is 2.23. The highest BCUT2D eigenvalue weighted by Gasteiger charge is 2.19. The van der Waals surface area contributed by atoms with E-state index in [9.17, 15) is 4.79 Å². The second-order valence-corrected chi connectivity index (χ2v) is 4.29. The number of rotatable bonds is 1. The minimum absolute atomic E-state index is 0.00176. The van der Waals surface area contributed by atoms with Crippen molar-refractivity contribution < 1.29 is 0 Å². The zero-order valence-electron chi connectivity index (χ0n) is 8.22. The van der Waals surface area contributed by atoms with Gasteiger partial charge in [0.05, 0.1) is 0 Å². The molecule has 0 aromatic carbocycles. The number of hydrogen-bond donors (Lipinski definition) is 2. The third kappa shape index (κ3) is 1.66. The van der Waals surface area contributed by atoms with Crippen LogP contribution in [0.25, 0.3) is 0 Å². The van der Waals surface area contributed by atoms with Crippen molar-refractivity contribution in [2.45, 2.75) is 32.6 Å². The standard InChI is InChI=1S/C10H14N2OS/c1-2-6-3-4-8-7(5-6)9(13)12-10(14)11-8/h6H,2-5H2,1H3,(H2,11,12,13,14). The second kappa shape index (κ2) is 3.69. The predicted octanol–water partition coefficient (Wildman–Crippen LogP) is 1.95. The summed E-state index contributed by atoms with van der Waals surface area (Å²) in [6, 6.07) is 0. The average Bonchev–Trinajstić information content (AvgIpc) is 2.17. The van der Waals surface area contributed by atoms with E-state index in [-0.39, 0.29) is 5.56 Å². The van der Waals surface area contributed by atoms with Crippen LogP contribution >= 0.6 is 12.2 Å². The number of aromatic amines is 2. The lowest BCUT2D eigenvalue weighted by molar-refractivity contribution is 0.436. The maximum Gasteiger partial charge on any atom is 0.255 e. The first kappa shape index (κ1) is 9.65. The van der Waals surface area contributed by atoms with E-state index in [0.717, 1.165) is 36.9 Å². The molecule has 0 saturated carbocycles. The van der Waals surface area contributed by atoms with Gasteiger partial charge in [-0.1, -0.05) is 13.3 Å². The molecule has 0 amide bonds. The van der Waals surface area contributed by atoms with E-state index in [2.05, 4.69) is 16.9 Å². The minimum atomic E-state index is 0.00176. The topological polar surface area (TPSA) is 48.6 Å². The Labute approximate surface area is 87.6 Å². The molecule has 0 fully saturated rings. The van der Waals surface area contributed by atoms with Crippen molar-refractivity contribution in [2.75, 3.05) is 0 Å². The maximum absolute atomic E-state index is 11.6. The van der Waals surface area contributed by atoms with Gasteiger partial charge in [-0.3, -0.25) is 9.78 Å². The molecule has 0 spiro atoms. The molecular weight excluding hydrogens is 196 g/mol. The van der Waals surface area contributed by atoms with Gasteiger partial charge in [-0.05, 0) is 37.4 Å². The Kier molecular flexibility index (Phi) is 2.54. The van der Waals surface area contributed by atoms with E-state index in [1.54, 1.807) is 0 Å². The Bertz CT molecular complexity index is 446. The largest absolute Gasteiger partial charge is 0.336 e.